The van der Waals surface area contributed by atoms with Crippen LogP contribution in [-0.4, -0.2) is 50.5 Å². The summed E-state index contributed by atoms with van der Waals surface area (Å²) in [5.41, 5.74) is -0.387. The number of phenolic OH excluding ortho intramolecular Hbond substituents is 2. The molecule has 0 saturated carbocycles. The van der Waals surface area contributed by atoms with Gasteiger partial charge < -0.3 is 25.2 Å². The van der Waals surface area contributed by atoms with Gasteiger partial charge in [0.05, 0.1) is 17.2 Å². The Kier molecular flexibility index (Phi) is 6.42. The van der Waals surface area contributed by atoms with Gasteiger partial charge in [0.15, 0.2) is 5.78 Å². The number of benzene rings is 1. The molecule has 7 nitrogen and oxygen atoms in total. The van der Waals surface area contributed by atoms with E-state index in [4.69, 9.17) is 16.3 Å². The number of fused-ring (bicyclic) bond motifs is 1. The van der Waals surface area contributed by atoms with E-state index >= 15 is 0 Å². The van der Waals surface area contributed by atoms with Gasteiger partial charge in [-0.15, -0.1) is 0 Å². The SMILES string of the molecule is C[C@H]1C[C@@H](O)[C@H](O)C=CC=CC(=O)Cc2c(Cl)c(O)cc(O)c2C(=O)O1. The molecule has 0 spiro atoms. The Hall–Kier alpha value is -2.35. The van der Waals surface area contributed by atoms with E-state index in [1.807, 2.05) is 0 Å². The number of halogens is 1. The van der Waals surface area contributed by atoms with Crippen molar-refractivity contribution in [2.75, 3.05) is 0 Å². The van der Waals surface area contributed by atoms with Crippen LogP contribution in [0.5, 0.6) is 11.5 Å². The highest BCUT2D eigenvalue weighted by atomic mass is 35.5. The Labute approximate surface area is 154 Å². The normalized spacial score (nSPS) is 24.7. The van der Waals surface area contributed by atoms with E-state index in [2.05, 4.69) is 0 Å². The Balaban J connectivity index is 2.51. The van der Waals surface area contributed by atoms with Crippen LogP contribution in [0.2, 0.25) is 5.02 Å². The van der Waals surface area contributed by atoms with Crippen molar-refractivity contribution >= 4 is 23.4 Å². The summed E-state index contributed by atoms with van der Waals surface area (Å²) in [6.07, 6.45) is 1.64. The lowest BCUT2D eigenvalue weighted by Crippen LogP contribution is -2.30. The number of phenols is 2. The molecule has 3 atom stereocenters. The maximum absolute atomic E-state index is 12.5. The highest BCUT2D eigenvalue weighted by molar-refractivity contribution is 6.33. The highest BCUT2D eigenvalue weighted by Gasteiger charge is 2.27. The van der Waals surface area contributed by atoms with Gasteiger partial charge in [0.1, 0.15) is 23.2 Å². The van der Waals surface area contributed by atoms with Crippen molar-refractivity contribution in [3.63, 3.8) is 0 Å². The summed E-state index contributed by atoms with van der Waals surface area (Å²) in [5.74, 6) is -2.47. The third-order valence-corrected chi connectivity index (χ3v) is 4.28. The van der Waals surface area contributed by atoms with Gasteiger partial charge in [-0.3, -0.25) is 4.79 Å². The average Bonchev–Trinajstić information content (AvgIpc) is 2.54. The van der Waals surface area contributed by atoms with Gasteiger partial charge in [0.25, 0.3) is 0 Å². The van der Waals surface area contributed by atoms with Crippen LogP contribution >= 0.6 is 11.6 Å². The number of allylic oxidation sites excluding steroid dienone is 3. The molecule has 0 amide bonds. The molecule has 1 aliphatic heterocycles. The maximum Gasteiger partial charge on any atom is 0.342 e. The van der Waals surface area contributed by atoms with Crippen LogP contribution in [0.25, 0.3) is 0 Å². The minimum atomic E-state index is -1.20. The van der Waals surface area contributed by atoms with Crippen molar-refractivity contribution < 1.29 is 34.8 Å². The Bertz CT molecular complexity index is 769. The quantitative estimate of drug-likeness (QED) is 0.503. The lowest BCUT2D eigenvalue weighted by Gasteiger charge is -2.21. The Morgan fingerprint density at radius 2 is 1.85 bits per heavy atom. The summed E-state index contributed by atoms with van der Waals surface area (Å²) in [6.45, 7) is 1.51. The lowest BCUT2D eigenvalue weighted by atomic mass is 9.99. The van der Waals surface area contributed by atoms with E-state index in [0.717, 1.165) is 6.07 Å². The van der Waals surface area contributed by atoms with E-state index in [1.165, 1.54) is 31.2 Å². The molecule has 0 aromatic heterocycles. The van der Waals surface area contributed by atoms with Crippen molar-refractivity contribution in [1.29, 1.82) is 0 Å². The number of carbonyl (C=O) groups excluding carboxylic acids is 2. The first kappa shape index (κ1) is 20.0. The van der Waals surface area contributed by atoms with Gasteiger partial charge in [-0.05, 0) is 13.0 Å². The number of hydrogen-bond acceptors (Lipinski definition) is 7. The van der Waals surface area contributed by atoms with Crippen LogP contribution in [0.4, 0.5) is 0 Å². The summed E-state index contributed by atoms with van der Waals surface area (Å²) < 4.78 is 5.19. The Morgan fingerprint density at radius 1 is 1.15 bits per heavy atom. The van der Waals surface area contributed by atoms with Crippen molar-refractivity contribution in [1.82, 2.24) is 0 Å². The topological polar surface area (TPSA) is 124 Å². The van der Waals surface area contributed by atoms with Crippen LogP contribution in [0, 0.1) is 0 Å². The second kappa shape index (κ2) is 8.35. The molecule has 8 heteroatoms. The summed E-state index contributed by atoms with van der Waals surface area (Å²) in [4.78, 5) is 24.6. The second-order valence-corrected chi connectivity index (χ2v) is 6.36. The van der Waals surface area contributed by atoms with E-state index in [9.17, 15) is 30.0 Å². The fourth-order valence-electron chi connectivity index (χ4n) is 2.55. The Morgan fingerprint density at radius 3 is 2.54 bits per heavy atom. The zero-order valence-electron chi connectivity index (χ0n) is 13.9. The molecule has 2 rings (SSSR count). The van der Waals surface area contributed by atoms with Gasteiger partial charge in [-0.2, -0.15) is 0 Å². The van der Waals surface area contributed by atoms with Gasteiger partial charge in [-0.1, -0.05) is 29.8 Å². The van der Waals surface area contributed by atoms with E-state index < -0.39 is 41.6 Å². The minimum absolute atomic E-state index is 0.0538. The molecular weight excluding hydrogens is 364 g/mol. The van der Waals surface area contributed by atoms with Gasteiger partial charge in [0.2, 0.25) is 0 Å². The molecule has 26 heavy (non-hydrogen) atoms. The predicted octanol–water partition coefficient (Wildman–Crippen LogP) is 1.65. The number of hydrogen-bond donors (Lipinski definition) is 4. The zero-order chi connectivity index (χ0) is 19.4. The number of esters is 1. The average molecular weight is 383 g/mol. The number of aromatic hydroxyl groups is 2. The molecule has 0 aliphatic carbocycles. The van der Waals surface area contributed by atoms with Gasteiger partial charge >= 0.3 is 5.97 Å². The largest absolute Gasteiger partial charge is 0.507 e. The van der Waals surface area contributed by atoms with Gasteiger partial charge in [0, 0.05) is 24.5 Å². The molecule has 1 heterocycles. The minimum Gasteiger partial charge on any atom is -0.507 e. The first-order chi connectivity index (χ1) is 12.2. The number of ketones is 1. The number of ether oxygens (including phenoxy) is 1. The zero-order valence-corrected chi connectivity index (χ0v) is 14.7. The first-order valence-corrected chi connectivity index (χ1v) is 8.26. The summed E-state index contributed by atoms with van der Waals surface area (Å²) >= 11 is 6.01. The molecule has 0 radical (unpaired) electrons. The van der Waals surface area contributed by atoms with Crippen LogP contribution in [0.1, 0.15) is 29.3 Å². The predicted molar refractivity (Wildman–Crippen MR) is 93.3 cm³/mol. The third kappa shape index (κ3) is 4.63. The van der Waals surface area contributed by atoms with E-state index in [-0.39, 0.29) is 29.0 Å². The number of aliphatic hydroxyl groups is 2. The standard InChI is InChI=1S/C18H19ClO7/c1-9-6-13(22)12(21)5-3-2-4-10(20)7-11-16(18(25)26-9)14(23)8-15(24)17(11)19/h2-5,8-9,12-13,21-24H,6-7H2,1H3/t9-,12+,13+/m0/s1. The molecule has 140 valence electrons. The monoisotopic (exact) mass is 382 g/mol. The van der Waals surface area contributed by atoms with Crippen molar-refractivity contribution in [2.45, 2.75) is 38.1 Å². The van der Waals surface area contributed by atoms with Crippen LogP contribution in [0.15, 0.2) is 30.4 Å². The molecule has 0 saturated heterocycles. The molecule has 0 unspecified atom stereocenters. The molecule has 0 fully saturated rings. The highest BCUT2D eigenvalue weighted by Crippen LogP contribution is 2.37. The summed E-state index contributed by atoms with van der Waals surface area (Å²) in [5, 5.41) is 39.4. The molecule has 0 bridgehead atoms. The molecule has 1 aliphatic rings. The van der Waals surface area contributed by atoms with E-state index in [1.54, 1.807) is 0 Å². The summed E-state index contributed by atoms with van der Waals surface area (Å²) in [6, 6.07) is 0.887. The molecule has 1 aromatic rings. The maximum atomic E-state index is 12.5. The number of carbonyl (C=O) groups is 2. The molecule has 1 aromatic carbocycles. The van der Waals surface area contributed by atoms with Crippen molar-refractivity contribution in [3.05, 3.63) is 46.5 Å². The van der Waals surface area contributed by atoms with Crippen LogP contribution < -0.4 is 0 Å². The van der Waals surface area contributed by atoms with E-state index in [0.29, 0.717) is 0 Å². The fourth-order valence-corrected chi connectivity index (χ4v) is 2.77. The van der Waals surface area contributed by atoms with Crippen molar-refractivity contribution in [3.8, 4) is 11.5 Å². The number of aliphatic hydroxyl groups excluding tert-OH is 2. The summed E-state index contributed by atoms with van der Waals surface area (Å²) in [7, 11) is 0. The smallest absolute Gasteiger partial charge is 0.342 e. The third-order valence-electron chi connectivity index (χ3n) is 3.85. The second-order valence-electron chi connectivity index (χ2n) is 5.98. The first-order valence-electron chi connectivity index (χ1n) is 7.88. The van der Waals surface area contributed by atoms with Crippen LogP contribution in [-0.2, 0) is 16.0 Å². The fraction of sp³-hybridized carbons (Fsp3) is 0.333. The lowest BCUT2D eigenvalue weighted by molar-refractivity contribution is -0.114. The molecule has 4 N–H and O–H groups in total. The number of rotatable bonds is 0. The molecular formula is C18H19ClO7. The number of cyclic esters (lactones) is 1. The van der Waals surface area contributed by atoms with Crippen molar-refractivity contribution in [2.24, 2.45) is 0 Å². The van der Waals surface area contributed by atoms with Crippen LogP contribution in [0.3, 0.4) is 0 Å². The van der Waals surface area contributed by atoms with Gasteiger partial charge in [-0.25, -0.2) is 4.79 Å².